The molecule has 2 aliphatic heterocycles. The van der Waals surface area contributed by atoms with Crippen molar-refractivity contribution < 1.29 is 24.2 Å². The average Bonchev–Trinajstić information content (AvgIpc) is 2.74. The van der Waals surface area contributed by atoms with Gasteiger partial charge in [-0.1, -0.05) is 54.6 Å². The van der Waals surface area contributed by atoms with Gasteiger partial charge in [-0.3, -0.25) is 9.59 Å². The maximum Gasteiger partial charge on any atom is 0.249 e. The zero-order valence-electron chi connectivity index (χ0n) is 17.9. The van der Waals surface area contributed by atoms with E-state index in [-0.39, 0.29) is 43.6 Å². The summed E-state index contributed by atoms with van der Waals surface area (Å²) in [6.45, 7) is 0.665. The molecular formula is C24H28N2O5. The normalized spacial score (nSPS) is 21.5. The van der Waals surface area contributed by atoms with Gasteiger partial charge in [0.1, 0.15) is 13.2 Å². The molecule has 2 heterocycles. The van der Waals surface area contributed by atoms with Crippen LogP contribution in [0.2, 0.25) is 0 Å². The molecule has 0 unspecified atom stereocenters. The highest BCUT2D eigenvalue weighted by molar-refractivity contribution is 5.84. The number of aliphatic hydroxyl groups is 1. The highest BCUT2D eigenvalue weighted by atomic mass is 16.5. The van der Waals surface area contributed by atoms with Gasteiger partial charge in [0.15, 0.2) is 0 Å². The summed E-state index contributed by atoms with van der Waals surface area (Å²) in [7, 11) is 2.97. The molecule has 0 aliphatic carbocycles. The van der Waals surface area contributed by atoms with Gasteiger partial charge in [0.25, 0.3) is 0 Å². The Labute approximate surface area is 182 Å². The summed E-state index contributed by atoms with van der Waals surface area (Å²) in [4.78, 5) is 28.5. The quantitative estimate of drug-likeness (QED) is 0.729. The molecule has 0 aromatic heterocycles. The van der Waals surface area contributed by atoms with E-state index in [2.05, 4.69) is 36.4 Å². The summed E-state index contributed by atoms with van der Waals surface area (Å²) in [5.41, 5.74) is 2.77. The molecule has 1 N–H and O–H groups in total. The number of benzene rings is 2. The second kappa shape index (κ2) is 8.78. The van der Waals surface area contributed by atoms with Crippen molar-refractivity contribution in [3.63, 3.8) is 0 Å². The smallest absolute Gasteiger partial charge is 0.249 e. The van der Waals surface area contributed by atoms with Crippen LogP contribution in [0.1, 0.15) is 11.5 Å². The molecule has 7 heteroatoms. The van der Waals surface area contributed by atoms with E-state index in [4.69, 9.17) is 9.47 Å². The first-order valence-corrected chi connectivity index (χ1v) is 10.4. The van der Waals surface area contributed by atoms with Gasteiger partial charge in [0.2, 0.25) is 11.8 Å². The van der Waals surface area contributed by atoms with Crippen molar-refractivity contribution in [1.29, 1.82) is 0 Å². The molecule has 0 saturated carbocycles. The third-order valence-electron chi connectivity index (χ3n) is 6.43. The highest BCUT2D eigenvalue weighted by Gasteiger charge is 2.67. The van der Waals surface area contributed by atoms with E-state index in [1.807, 2.05) is 18.2 Å². The Hall–Kier alpha value is -2.74. The number of aliphatic hydroxyl groups excluding tert-OH is 1. The van der Waals surface area contributed by atoms with Gasteiger partial charge < -0.3 is 24.4 Å². The lowest BCUT2D eigenvalue weighted by atomic mass is 9.60. The Morgan fingerprint density at radius 2 is 1.52 bits per heavy atom. The number of nitrogens with zero attached hydrogens (tertiary/aromatic N) is 2. The van der Waals surface area contributed by atoms with Gasteiger partial charge in [-0.25, -0.2) is 0 Å². The molecule has 4 rings (SSSR count). The molecular weight excluding hydrogens is 396 g/mol. The Morgan fingerprint density at radius 1 is 0.935 bits per heavy atom. The molecule has 2 aliphatic rings. The lowest BCUT2D eigenvalue weighted by Gasteiger charge is -2.70. The first kappa shape index (κ1) is 21.5. The van der Waals surface area contributed by atoms with Crippen LogP contribution in [-0.2, 0) is 19.1 Å². The molecule has 164 valence electrons. The average molecular weight is 424 g/mol. The predicted molar refractivity (Wildman–Crippen MR) is 115 cm³/mol. The monoisotopic (exact) mass is 424 g/mol. The molecule has 2 atom stereocenters. The van der Waals surface area contributed by atoms with Crippen molar-refractivity contribution >= 4 is 11.8 Å². The highest BCUT2D eigenvalue weighted by Crippen LogP contribution is 2.54. The second-order valence-corrected chi connectivity index (χ2v) is 8.20. The molecule has 7 nitrogen and oxygen atoms in total. The largest absolute Gasteiger partial charge is 0.394 e. The van der Waals surface area contributed by atoms with Crippen LogP contribution in [0, 0.1) is 0 Å². The van der Waals surface area contributed by atoms with E-state index >= 15 is 0 Å². The van der Waals surface area contributed by atoms with Crippen LogP contribution in [0.4, 0.5) is 0 Å². The molecule has 0 radical (unpaired) electrons. The van der Waals surface area contributed by atoms with E-state index < -0.39 is 5.54 Å². The fraction of sp³-hybridized carbons (Fsp3) is 0.417. The fourth-order valence-electron chi connectivity index (χ4n) is 5.12. The number of carbonyl (C=O) groups excluding carboxylic acids is 2. The minimum Gasteiger partial charge on any atom is -0.394 e. The van der Waals surface area contributed by atoms with Gasteiger partial charge in [-0.05, 0) is 16.7 Å². The number of ether oxygens (including phenoxy) is 2. The molecule has 2 aromatic carbocycles. The van der Waals surface area contributed by atoms with E-state index in [0.717, 1.165) is 16.7 Å². The Kier molecular flexibility index (Phi) is 6.09. The van der Waals surface area contributed by atoms with E-state index in [0.29, 0.717) is 13.1 Å². The number of likely N-dealkylation sites (tertiary alicyclic amines) is 2. The number of carbonyl (C=O) groups is 2. The molecule has 1 spiro atoms. The Bertz CT molecular complexity index is 925. The van der Waals surface area contributed by atoms with Crippen molar-refractivity contribution in [2.24, 2.45) is 0 Å². The first-order chi connectivity index (χ1) is 15.1. The summed E-state index contributed by atoms with van der Waals surface area (Å²) in [5, 5.41) is 10.1. The van der Waals surface area contributed by atoms with Gasteiger partial charge in [-0.15, -0.1) is 0 Å². The topological polar surface area (TPSA) is 79.3 Å². The van der Waals surface area contributed by atoms with Crippen molar-refractivity contribution in [1.82, 2.24) is 9.80 Å². The Balaban J connectivity index is 1.62. The summed E-state index contributed by atoms with van der Waals surface area (Å²) < 4.78 is 10.0. The maximum atomic E-state index is 12.8. The standard InChI is InChI=1S/C24H28N2O5/c1-30-13-21(28)25-15-24(16-25)23(20(12-27)26(24)22(29)14-31-2)19-10-8-18(9-11-19)17-6-4-3-5-7-17/h3-11,20,23,27H,12-16H2,1-2H3/t20-,23+/m0/s1. The number of rotatable bonds is 7. The van der Waals surface area contributed by atoms with Crippen LogP contribution in [0.5, 0.6) is 0 Å². The molecule has 0 bridgehead atoms. The van der Waals surface area contributed by atoms with Crippen LogP contribution in [0.3, 0.4) is 0 Å². The lowest BCUT2D eigenvalue weighted by Crippen LogP contribution is -2.86. The molecule has 31 heavy (non-hydrogen) atoms. The molecule has 2 fully saturated rings. The number of hydrogen-bond donors (Lipinski definition) is 1. The minimum absolute atomic E-state index is 0.0158. The van der Waals surface area contributed by atoms with Crippen LogP contribution < -0.4 is 0 Å². The van der Waals surface area contributed by atoms with Gasteiger partial charge >= 0.3 is 0 Å². The van der Waals surface area contributed by atoms with Crippen LogP contribution in [-0.4, -0.2) is 85.4 Å². The molecule has 2 amide bonds. The zero-order valence-corrected chi connectivity index (χ0v) is 17.9. The second-order valence-electron chi connectivity index (χ2n) is 8.20. The lowest BCUT2D eigenvalue weighted by molar-refractivity contribution is -0.206. The van der Waals surface area contributed by atoms with Crippen molar-refractivity contribution in [3.05, 3.63) is 60.2 Å². The summed E-state index contributed by atoms with van der Waals surface area (Å²) in [6, 6.07) is 18.0. The maximum absolute atomic E-state index is 12.8. The summed E-state index contributed by atoms with van der Waals surface area (Å²) in [6.07, 6.45) is 0. The number of hydrogen-bond acceptors (Lipinski definition) is 5. The zero-order chi connectivity index (χ0) is 22.0. The summed E-state index contributed by atoms with van der Waals surface area (Å²) >= 11 is 0. The van der Waals surface area contributed by atoms with Crippen LogP contribution >= 0.6 is 0 Å². The number of methoxy groups -OCH3 is 2. The van der Waals surface area contributed by atoms with E-state index in [9.17, 15) is 14.7 Å². The SMILES string of the molecule is COCC(=O)N1CC2(C1)[C@H](c1ccc(-c3ccccc3)cc1)[C@H](CO)N2C(=O)COC. The van der Waals surface area contributed by atoms with Crippen molar-refractivity contribution in [3.8, 4) is 11.1 Å². The third kappa shape index (κ3) is 3.63. The molecule has 2 saturated heterocycles. The van der Waals surface area contributed by atoms with Gasteiger partial charge in [0, 0.05) is 33.2 Å². The Morgan fingerprint density at radius 3 is 2.10 bits per heavy atom. The summed E-state index contributed by atoms with van der Waals surface area (Å²) in [5.74, 6) is -0.329. The van der Waals surface area contributed by atoms with Gasteiger partial charge in [-0.2, -0.15) is 0 Å². The van der Waals surface area contributed by atoms with E-state index in [1.165, 1.54) is 14.2 Å². The minimum atomic E-state index is -0.527. The molecule has 2 aromatic rings. The van der Waals surface area contributed by atoms with Crippen LogP contribution in [0.25, 0.3) is 11.1 Å². The first-order valence-electron chi connectivity index (χ1n) is 10.4. The van der Waals surface area contributed by atoms with Crippen molar-refractivity contribution in [2.45, 2.75) is 17.5 Å². The van der Waals surface area contributed by atoms with Gasteiger partial charge in [0.05, 0.1) is 18.2 Å². The van der Waals surface area contributed by atoms with Crippen molar-refractivity contribution in [2.75, 3.05) is 47.1 Å². The van der Waals surface area contributed by atoms with E-state index in [1.54, 1.807) is 9.80 Å². The number of amides is 2. The van der Waals surface area contributed by atoms with Crippen LogP contribution in [0.15, 0.2) is 54.6 Å². The third-order valence-corrected chi connectivity index (χ3v) is 6.43. The predicted octanol–water partition coefficient (Wildman–Crippen LogP) is 1.51. The fourth-order valence-corrected chi connectivity index (χ4v) is 5.12.